The highest BCUT2D eigenvalue weighted by atomic mass is 32.1. The predicted octanol–water partition coefficient (Wildman–Crippen LogP) is 3.49. The predicted molar refractivity (Wildman–Crippen MR) is 105 cm³/mol. The van der Waals surface area contributed by atoms with Crippen molar-refractivity contribution in [1.29, 1.82) is 0 Å². The lowest BCUT2D eigenvalue weighted by Gasteiger charge is -2.32. The fraction of sp³-hybridized carbons (Fsp3) is 0.632. The minimum atomic E-state index is -1.30. The fourth-order valence-electron chi connectivity index (χ4n) is 3.45. The molecule has 0 unspecified atom stereocenters. The van der Waals surface area contributed by atoms with Crippen LogP contribution < -0.4 is 5.46 Å². The Hall–Kier alpha value is -1.02. The van der Waals surface area contributed by atoms with Gasteiger partial charge in [-0.1, -0.05) is 6.07 Å². The normalized spacial score (nSPS) is 25.1. The number of aromatic nitrogens is 1. The van der Waals surface area contributed by atoms with E-state index in [9.17, 15) is 0 Å². The van der Waals surface area contributed by atoms with Gasteiger partial charge in [-0.15, -0.1) is 11.3 Å². The van der Waals surface area contributed by atoms with Crippen molar-refractivity contribution in [2.45, 2.75) is 57.4 Å². The molecule has 0 aliphatic carbocycles. The monoisotopic (exact) mass is 376 g/mol. The van der Waals surface area contributed by atoms with E-state index in [1.54, 1.807) is 0 Å². The largest absolute Gasteiger partial charge is 0.494 e. The summed E-state index contributed by atoms with van der Waals surface area (Å²) in [6.45, 7) is 9.70. The Kier molecular flexibility index (Phi) is 4.23. The maximum Gasteiger partial charge on any atom is 0.494 e. The van der Waals surface area contributed by atoms with Crippen LogP contribution >= 0.6 is 11.3 Å². The van der Waals surface area contributed by atoms with Gasteiger partial charge < -0.3 is 14.2 Å². The van der Waals surface area contributed by atoms with E-state index in [4.69, 9.17) is 9.31 Å². The van der Waals surface area contributed by atoms with Gasteiger partial charge in [0.05, 0.1) is 21.4 Å². The van der Waals surface area contributed by atoms with Crippen molar-refractivity contribution in [3.8, 4) is 0 Å². The zero-order chi connectivity index (χ0) is 18.7. The number of benzene rings is 1. The third-order valence-electron chi connectivity index (χ3n) is 6.10. The molecule has 0 atom stereocenters. The van der Waals surface area contributed by atoms with Crippen molar-refractivity contribution in [3.05, 3.63) is 23.2 Å². The van der Waals surface area contributed by atoms with Crippen LogP contribution in [0.4, 0.5) is 4.39 Å². The van der Waals surface area contributed by atoms with Gasteiger partial charge in [-0.05, 0) is 52.3 Å². The third-order valence-corrected chi connectivity index (χ3v) is 7.32. The van der Waals surface area contributed by atoms with Gasteiger partial charge in [0, 0.05) is 25.9 Å². The average Bonchev–Trinajstić information content (AvgIpc) is 3.09. The summed E-state index contributed by atoms with van der Waals surface area (Å²) in [5, 5.41) is 0.603. The maximum atomic E-state index is 15.4. The number of alkyl halides is 1. The van der Waals surface area contributed by atoms with Gasteiger partial charge in [-0.3, -0.25) is 0 Å². The molecule has 0 bridgehead atoms. The van der Waals surface area contributed by atoms with Crippen molar-refractivity contribution in [2.24, 2.45) is 0 Å². The first-order chi connectivity index (χ1) is 12.1. The fourth-order valence-corrected chi connectivity index (χ4v) is 4.53. The number of nitrogens with zero attached hydrogens (tertiary/aromatic N) is 2. The minimum absolute atomic E-state index is 0.378. The first-order valence-electron chi connectivity index (χ1n) is 9.24. The van der Waals surface area contributed by atoms with E-state index in [0.29, 0.717) is 17.8 Å². The molecule has 1 aromatic heterocycles. The van der Waals surface area contributed by atoms with Crippen LogP contribution in [0.3, 0.4) is 0 Å². The van der Waals surface area contributed by atoms with Crippen LogP contribution in [0.2, 0.25) is 0 Å². The maximum absolute atomic E-state index is 15.4. The van der Waals surface area contributed by atoms with Gasteiger partial charge in [0.15, 0.2) is 5.67 Å². The molecular weight excluding hydrogens is 350 g/mol. The average molecular weight is 376 g/mol. The summed E-state index contributed by atoms with van der Waals surface area (Å²) in [4.78, 5) is 6.82. The Bertz CT molecular complexity index is 814. The van der Waals surface area contributed by atoms with Crippen LogP contribution in [-0.4, -0.2) is 48.3 Å². The molecule has 0 radical (unpaired) electrons. The van der Waals surface area contributed by atoms with Crippen LogP contribution in [0.5, 0.6) is 0 Å². The number of thiazole rings is 1. The smallest absolute Gasteiger partial charge is 0.399 e. The van der Waals surface area contributed by atoms with E-state index in [1.807, 2.05) is 52.9 Å². The van der Waals surface area contributed by atoms with Gasteiger partial charge >= 0.3 is 7.12 Å². The second kappa shape index (κ2) is 5.99. The van der Waals surface area contributed by atoms with Crippen LogP contribution in [0.1, 0.15) is 45.5 Å². The van der Waals surface area contributed by atoms with Crippen molar-refractivity contribution in [1.82, 2.24) is 9.88 Å². The number of hydrogen-bond donors (Lipinski definition) is 0. The quantitative estimate of drug-likeness (QED) is 0.752. The van der Waals surface area contributed by atoms with E-state index in [-0.39, 0.29) is 11.2 Å². The summed E-state index contributed by atoms with van der Waals surface area (Å²) in [5.41, 5.74) is -0.299. The summed E-state index contributed by atoms with van der Waals surface area (Å²) < 4.78 is 28.7. The van der Waals surface area contributed by atoms with Gasteiger partial charge in [-0.2, -0.15) is 0 Å². The molecule has 2 fully saturated rings. The number of halogens is 1. The summed E-state index contributed by atoms with van der Waals surface area (Å²) in [5.74, 6) is 0. The van der Waals surface area contributed by atoms with Crippen molar-refractivity contribution >= 4 is 34.1 Å². The van der Waals surface area contributed by atoms with E-state index in [1.165, 1.54) is 11.3 Å². The summed E-state index contributed by atoms with van der Waals surface area (Å²) in [7, 11) is 1.62. The first kappa shape index (κ1) is 18.4. The van der Waals surface area contributed by atoms with E-state index in [2.05, 4.69) is 9.88 Å². The minimum Gasteiger partial charge on any atom is -0.399 e. The molecule has 0 N–H and O–H groups in total. The molecule has 2 aliphatic heterocycles. The number of likely N-dealkylation sites (tertiary alicyclic amines) is 1. The Morgan fingerprint density at radius 3 is 2.35 bits per heavy atom. The van der Waals surface area contributed by atoms with Crippen LogP contribution in [0.15, 0.2) is 18.2 Å². The lowest BCUT2D eigenvalue weighted by Crippen LogP contribution is -2.41. The lowest BCUT2D eigenvalue weighted by molar-refractivity contribution is 0.00578. The molecule has 2 aliphatic rings. The molecule has 26 heavy (non-hydrogen) atoms. The lowest BCUT2D eigenvalue weighted by atomic mass is 9.79. The molecule has 2 saturated heterocycles. The van der Waals surface area contributed by atoms with Crippen LogP contribution in [0, 0.1) is 0 Å². The molecule has 3 heterocycles. The molecule has 4 nitrogen and oxygen atoms in total. The standard InChI is InChI=1S/C19H26BFN2O2S/c1-17(2)18(3,4)25-20(24-17)13-6-7-15-14(12-13)22-16(26-15)19(21)8-10-23(5)11-9-19/h6-7,12H,8-11H2,1-5H3. The van der Waals surface area contributed by atoms with E-state index < -0.39 is 12.8 Å². The first-order valence-corrected chi connectivity index (χ1v) is 10.1. The zero-order valence-electron chi connectivity index (χ0n) is 16.1. The Morgan fingerprint density at radius 2 is 1.73 bits per heavy atom. The van der Waals surface area contributed by atoms with Crippen LogP contribution in [0.25, 0.3) is 10.2 Å². The van der Waals surface area contributed by atoms with E-state index in [0.717, 1.165) is 28.8 Å². The van der Waals surface area contributed by atoms with Gasteiger partial charge in [0.2, 0.25) is 0 Å². The number of fused-ring (bicyclic) bond motifs is 1. The molecule has 1 aromatic carbocycles. The summed E-state index contributed by atoms with van der Waals surface area (Å²) in [6, 6.07) is 6.00. The van der Waals surface area contributed by atoms with E-state index >= 15 is 4.39 Å². The Labute approximate surface area is 158 Å². The molecule has 7 heteroatoms. The highest BCUT2D eigenvalue weighted by Crippen LogP contribution is 2.41. The van der Waals surface area contributed by atoms with Gasteiger partial charge in [0.1, 0.15) is 5.01 Å². The molecule has 0 spiro atoms. The molecule has 2 aromatic rings. The second-order valence-corrected chi connectivity index (χ2v) is 9.63. The molecule has 4 rings (SSSR count). The highest BCUT2D eigenvalue weighted by Gasteiger charge is 2.51. The van der Waals surface area contributed by atoms with Crippen LogP contribution in [-0.2, 0) is 15.0 Å². The second-order valence-electron chi connectivity index (χ2n) is 8.60. The highest BCUT2D eigenvalue weighted by molar-refractivity contribution is 7.18. The van der Waals surface area contributed by atoms with Crippen molar-refractivity contribution in [2.75, 3.05) is 20.1 Å². The number of rotatable bonds is 2. The molecule has 0 amide bonds. The molecule has 140 valence electrons. The summed E-state index contributed by atoms with van der Waals surface area (Å²) >= 11 is 1.47. The molecular formula is C19H26BFN2O2S. The topological polar surface area (TPSA) is 34.6 Å². The SMILES string of the molecule is CN1CCC(F)(c2nc3cc(B4OC(C)(C)C(C)(C)O4)ccc3s2)CC1. The zero-order valence-corrected chi connectivity index (χ0v) is 17.0. The van der Waals surface area contributed by atoms with Crippen molar-refractivity contribution in [3.63, 3.8) is 0 Å². The summed E-state index contributed by atoms with van der Waals surface area (Å²) in [6.07, 6.45) is 1.01. The number of hydrogen-bond acceptors (Lipinski definition) is 5. The van der Waals surface area contributed by atoms with Crippen molar-refractivity contribution < 1.29 is 13.7 Å². The van der Waals surface area contributed by atoms with Gasteiger partial charge in [0.25, 0.3) is 0 Å². The number of piperidine rings is 1. The third kappa shape index (κ3) is 2.99. The van der Waals surface area contributed by atoms with Gasteiger partial charge in [-0.25, -0.2) is 9.37 Å². The molecule has 0 saturated carbocycles. The Balaban J connectivity index is 1.63. The Morgan fingerprint density at radius 1 is 1.12 bits per heavy atom.